The van der Waals surface area contributed by atoms with Crippen molar-refractivity contribution in [2.45, 2.75) is 43.9 Å². The van der Waals surface area contributed by atoms with E-state index in [1.165, 1.54) is 35.2 Å². The number of rotatable bonds is 6. The Bertz CT molecular complexity index is 1580. The first-order valence-corrected chi connectivity index (χ1v) is 14.7. The number of benzene rings is 3. The molecule has 0 aliphatic carbocycles. The number of ether oxygens (including phenoxy) is 1. The number of amides is 2. The summed E-state index contributed by atoms with van der Waals surface area (Å²) in [6, 6.07) is 15.1. The third-order valence-corrected chi connectivity index (χ3v) is 8.67. The van der Waals surface area contributed by atoms with Gasteiger partial charge in [-0.2, -0.15) is 0 Å². The van der Waals surface area contributed by atoms with Crippen LogP contribution in [0.2, 0.25) is 5.02 Å². The average Bonchev–Trinajstić information content (AvgIpc) is 3.52. The van der Waals surface area contributed by atoms with Gasteiger partial charge in [-0.3, -0.25) is 9.59 Å². The summed E-state index contributed by atoms with van der Waals surface area (Å²) in [5.74, 6) is -2.24. The van der Waals surface area contributed by atoms with E-state index in [4.69, 9.17) is 21.2 Å². The monoisotopic (exact) mass is 608 g/mol. The number of piperidine rings is 1. The van der Waals surface area contributed by atoms with Gasteiger partial charge in [0.05, 0.1) is 22.5 Å². The molecule has 0 unspecified atom stereocenters. The molecule has 0 bridgehead atoms. The molecule has 6 rings (SSSR count). The maximum absolute atomic E-state index is 14.7. The molecule has 0 saturated carbocycles. The normalized spacial score (nSPS) is 20.3. The van der Waals surface area contributed by atoms with E-state index in [2.05, 4.69) is 15.4 Å². The van der Waals surface area contributed by atoms with Gasteiger partial charge in [-0.05, 0) is 60.7 Å². The average molecular weight is 609 g/mol. The van der Waals surface area contributed by atoms with Crippen LogP contribution < -0.4 is 10.2 Å². The largest absolute Gasteiger partial charge is 0.382 e. The smallest absolute Gasteiger partial charge is 0.267 e. The molecule has 3 aliphatic rings. The van der Waals surface area contributed by atoms with Crippen LogP contribution in [0.1, 0.15) is 42.0 Å². The van der Waals surface area contributed by atoms with Gasteiger partial charge in [-0.1, -0.05) is 47.1 Å². The van der Waals surface area contributed by atoms with E-state index in [1.807, 2.05) is 18.2 Å². The van der Waals surface area contributed by atoms with Crippen molar-refractivity contribution < 1.29 is 27.9 Å². The summed E-state index contributed by atoms with van der Waals surface area (Å²) in [5.41, 5.74) is 3.08. The molecule has 3 aliphatic heterocycles. The Balaban J connectivity index is 1.30. The second kappa shape index (κ2) is 12.3. The van der Waals surface area contributed by atoms with Gasteiger partial charge in [0.25, 0.3) is 11.8 Å². The van der Waals surface area contributed by atoms with Crippen LogP contribution >= 0.6 is 11.6 Å². The quantitative estimate of drug-likeness (QED) is 0.400. The Morgan fingerprint density at radius 3 is 2.56 bits per heavy atom. The van der Waals surface area contributed by atoms with Crippen LogP contribution in [-0.2, 0) is 25.6 Å². The molecule has 2 amide bonds. The van der Waals surface area contributed by atoms with Crippen LogP contribution in [0.15, 0.2) is 65.8 Å². The fraction of sp³-hybridized carbons (Fsp3) is 0.344. The lowest BCUT2D eigenvalue weighted by atomic mass is 9.89. The first-order chi connectivity index (χ1) is 20.9. The highest BCUT2D eigenvalue weighted by molar-refractivity contribution is 6.31. The van der Waals surface area contributed by atoms with E-state index in [-0.39, 0.29) is 41.1 Å². The molecule has 224 valence electrons. The Morgan fingerprint density at radius 2 is 1.79 bits per heavy atom. The molecule has 1 N–H and O–H groups in total. The zero-order valence-electron chi connectivity index (χ0n) is 23.6. The summed E-state index contributed by atoms with van der Waals surface area (Å²) >= 11 is 5.95. The van der Waals surface area contributed by atoms with Crippen molar-refractivity contribution in [3.8, 4) is 0 Å². The minimum Gasteiger partial charge on any atom is -0.382 e. The van der Waals surface area contributed by atoms with Crippen molar-refractivity contribution in [2.75, 3.05) is 37.0 Å². The van der Waals surface area contributed by atoms with Gasteiger partial charge in [-0.25, -0.2) is 8.78 Å². The number of hydrogen-bond acceptors (Lipinski definition) is 6. The van der Waals surface area contributed by atoms with Crippen LogP contribution in [0, 0.1) is 11.6 Å². The summed E-state index contributed by atoms with van der Waals surface area (Å²) in [5, 5.41) is 6.62. The third kappa shape index (κ3) is 5.69. The number of para-hydroxylation sites is 1. The Hall–Kier alpha value is -4.02. The zero-order valence-corrected chi connectivity index (χ0v) is 24.3. The number of hydrogen-bond donors (Lipinski definition) is 1. The van der Waals surface area contributed by atoms with Gasteiger partial charge in [0.15, 0.2) is 5.82 Å². The van der Waals surface area contributed by atoms with E-state index >= 15 is 0 Å². The van der Waals surface area contributed by atoms with Crippen molar-refractivity contribution >= 4 is 40.5 Å². The van der Waals surface area contributed by atoms with Crippen molar-refractivity contribution in [1.82, 2.24) is 4.90 Å². The van der Waals surface area contributed by atoms with E-state index < -0.39 is 35.6 Å². The standard InChI is InChI=1S/C32H31ClF2N4O4/c1-42-19-12-15-38(16-13-19)27-11-5-6-21-20(27)14-17-39(30(21)31(40)36-25-10-3-2-9-24(25)34)32(41)28-18-26(37-43-28)22-7-4-8-23(33)29(22)35/h2-11,19,28,30H,12-18H2,1H3,(H,36,40)/t28-,30-/m1/s1. The van der Waals surface area contributed by atoms with Gasteiger partial charge in [0, 0.05) is 44.4 Å². The molecule has 0 radical (unpaired) electrons. The predicted octanol–water partition coefficient (Wildman–Crippen LogP) is 5.49. The number of carbonyl (C=O) groups is 2. The van der Waals surface area contributed by atoms with Gasteiger partial charge in [-0.15, -0.1) is 0 Å². The maximum Gasteiger partial charge on any atom is 0.267 e. The highest BCUT2D eigenvalue weighted by atomic mass is 35.5. The van der Waals surface area contributed by atoms with Crippen molar-refractivity contribution in [3.63, 3.8) is 0 Å². The zero-order chi connectivity index (χ0) is 30.1. The Morgan fingerprint density at radius 1 is 1.02 bits per heavy atom. The first-order valence-electron chi connectivity index (χ1n) is 14.3. The van der Waals surface area contributed by atoms with Crippen LogP contribution in [0.25, 0.3) is 0 Å². The Kier molecular flexibility index (Phi) is 8.32. The van der Waals surface area contributed by atoms with E-state index in [0.29, 0.717) is 12.0 Å². The van der Waals surface area contributed by atoms with Crippen LogP contribution in [0.3, 0.4) is 0 Å². The molecule has 43 heavy (non-hydrogen) atoms. The molecule has 1 fully saturated rings. The fourth-order valence-electron chi connectivity index (χ4n) is 6.14. The molecule has 3 heterocycles. The number of anilines is 2. The van der Waals surface area contributed by atoms with Gasteiger partial charge >= 0.3 is 0 Å². The van der Waals surface area contributed by atoms with Crippen molar-refractivity contribution in [3.05, 3.63) is 94.0 Å². The predicted molar refractivity (Wildman–Crippen MR) is 159 cm³/mol. The molecule has 0 aromatic heterocycles. The molecular weight excluding hydrogens is 578 g/mol. The lowest BCUT2D eigenvalue weighted by Crippen LogP contribution is -2.49. The SMILES string of the molecule is COC1CCN(c2cccc3c2CCN(C(=O)[C@H]2CC(c4cccc(Cl)c4F)=NO2)[C@H]3C(=O)Nc2ccccc2F)CC1. The van der Waals surface area contributed by atoms with Crippen LogP contribution in [0.5, 0.6) is 0 Å². The second-order valence-electron chi connectivity index (χ2n) is 10.9. The van der Waals surface area contributed by atoms with E-state index in [1.54, 1.807) is 19.2 Å². The van der Waals surface area contributed by atoms with Gasteiger partial charge in [0.2, 0.25) is 6.10 Å². The molecule has 0 spiro atoms. The highest BCUT2D eigenvalue weighted by Gasteiger charge is 2.42. The molecule has 3 aromatic rings. The number of halogens is 3. The van der Waals surface area contributed by atoms with E-state index in [9.17, 15) is 18.4 Å². The molecule has 11 heteroatoms. The lowest BCUT2D eigenvalue weighted by Gasteiger charge is -2.40. The minimum atomic E-state index is -1.06. The van der Waals surface area contributed by atoms with Crippen LogP contribution in [0.4, 0.5) is 20.2 Å². The highest BCUT2D eigenvalue weighted by Crippen LogP contribution is 2.38. The van der Waals surface area contributed by atoms with Crippen molar-refractivity contribution in [1.29, 1.82) is 0 Å². The number of nitrogens with zero attached hydrogens (tertiary/aromatic N) is 3. The molecule has 8 nitrogen and oxygen atoms in total. The van der Waals surface area contributed by atoms with Crippen LogP contribution in [-0.4, -0.2) is 61.4 Å². The lowest BCUT2D eigenvalue weighted by molar-refractivity contribution is -0.148. The summed E-state index contributed by atoms with van der Waals surface area (Å²) < 4.78 is 34.8. The second-order valence-corrected chi connectivity index (χ2v) is 11.3. The first kappa shape index (κ1) is 29.1. The third-order valence-electron chi connectivity index (χ3n) is 8.38. The molecule has 2 atom stereocenters. The topological polar surface area (TPSA) is 83.5 Å². The minimum absolute atomic E-state index is 0.00951. The summed E-state index contributed by atoms with van der Waals surface area (Å²) in [4.78, 5) is 37.1. The maximum atomic E-state index is 14.7. The molecule has 3 aromatic carbocycles. The number of methoxy groups -OCH3 is 1. The van der Waals surface area contributed by atoms with Gasteiger partial charge in [0.1, 0.15) is 11.9 Å². The van der Waals surface area contributed by atoms with E-state index in [0.717, 1.165) is 37.2 Å². The number of nitrogens with one attached hydrogen (secondary N) is 1. The summed E-state index contributed by atoms with van der Waals surface area (Å²) in [6.07, 6.45) is 1.44. The fourth-order valence-corrected chi connectivity index (χ4v) is 6.32. The Labute approximate surface area is 253 Å². The van der Waals surface area contributed by atoms with Crippen molar-refractivity contribution in [2.24, 2.45) is 5.16 Å². The summed E-state index contributed by atoms with van der Waals surface area (Å²) in [6.45, 7) is 1.84. The molecular formula is C32H31ClF2N4O4. The number of carbonyl (C=O) groups excluding carboxylic acids is 2. The summed E-state index contributed by atoms with van der Waals surface area (Å²) in [7, 11) is 1.72. The molecule has 1 saturated heterocycles. The number of fused-ring (bicyclic) bond motifs is 1. The van der Waals surface area contributed by atoms with Gasteiger partial charge < -0.3 is 24.7 Å². The number of oxime groups is 1.